The molecule has 0 bridgehead atoms. The number of halogens is 3. The van der Waals surface area contributed by atoms with E-state index < -0.39 is 5.97 Å². The van der Waals surface area contributed by atoms with Crippen LogP contribution in [0.2, 0.25) is 15.2 Å². The van der Waals surface area contributed by atoms with Crippen molar-refractivity contribution in [2.45, 2.75) is 6.92 Å². The number of rotatable bonds is 3. The van der Waals surface area contributed by atoms with Crippen LogP contribution in [0.25, 0.3) is 0 Å². The van der Waals surface area contributed by atoms with E-state index in [4.69, 9.17) is 39.6 Å². The molecule has 0 unspecified atom stereocenters. The maximum absolute atomic E-state index is 11.9. The Morgan fingerprint density at radius 3 is 2.48 bits per heavy atom. The highest BCUT2D eigenvalue weighted by Gasteiger charge is 2.16. The molecule has 5 nitrogen and oxygen atoms in total. The number of aromatic nitrogens is 2. The molecule has 2 rings (SSSR count). The van der Waals surface area contributed by atoms with Gasteiger partial charge in [0.05, 0.1) is 33.1 Å². The van der Waals surface area contributed by atoms with Crippen molar-refractivity contribution in [3.05, 3.63) is 50.2 Å². The van der Waals surface area contributed by atoms with Gasteiger partial charge in [-0.05, 0) is 19.1 Å². The lowest BCUT2D eigenvalue weighted by atomic mass is 10.2. The molecule has 21 heavy (non-hydrogen) atoms. The van der Waals surface area contributed by atoms with Crippen LogP contribution in [0.1, 0.15) is 21.6 Å². The monoisotopic (exact) mass is 345 g/mol. The second-order valence-electron chi connectivity index (χ2n) is 4.12. The smallest absolute Gasteiger partial charge is 0.313 e. The molecule has 0 saturated carbocycles. The van der Waals surface area contributed by atoms with Gasteiger partial charge >= 0.3 is 5.97 Å². The Morgan fingerprint density at radius 2 is 1.95 bits per heavy atom. The van der Waals surface area contributed by atoms with Crippen molar-refractivity contribution in [2.75, 3.05) is 0 Å². The SMILES string of the molecule is Cc1nn(C)c(Cl)c1/C=N/OC(=O)c1c(Cl)cccc1Cl. The van der Waals surface area contributed by atoms with Crippen LogP contribution in [-0.4, -0.2) is 22.0 Å². The van der Waals surface area contributed by atoms with Gasteiger partial charge < -0.3 is 4.84 Å². The van der Waals surface area contributed by atoms with E-state index in [1.807, 2.05) is 0 Å². The molecule has 0 spiro atoms. The number of hydrogen-bond acceptors (Lipinski definition) is 4. The normalized spacial score (nSPS) is 11.1. The summed E-state index contributed by atoms with van der Waals surface area (Å²) in [7, 11) is 1.70. The van der Waals surface area contributed by atoms with E-state index in [2.05, 4.69) is 10.3 Å². The van der Waals surface area contributed by atoms with Gasteiger partial charge in [0, 0.05) is 7.05 Å². The minimum Gasteiger partial charge on any atom is -0.313 e. The largest absolute Gasteiger partial charge is 0.368 e. The summed E-state index contributed by atoms with van der Waals surface area (Å²) in [6.07, 6.45) is 1.31. The maximum atomic E-state index is 11.9. The van der Waals surface area contributed by atoms with E-state index in [-0.39, 0.29) is 15.6 Å². The van der Waals surface area contributed by atoms with Gasteiger partial charge in [0.1, 0.15) is 5.15 Å². The molecule has 110 valence electrons. The molecule has 0 aliphatic heterocycles. The molecule has 0 amide bonds. The van der Waals surface area contributed by atoms with Crippen LogP contribution in [0.3, 0.4) is 0 Å². The molecule has 0 atom stereocenters. The average Bonchev–Trinajstić information content (AvgIpc) is 2.65. The zero-order chi connectivity index (χ0) is 15.6. The van der Waals surface area contributed by atoms with Crippen LogP contribution in [0.4, 0.5) is 0 Å². The van der Waals surface area contributed by atoms with Crippen molar-refractivity contribution >= 4 is 47.0 Å². The minimum atomic E-state index is -0.750. The van der Waals surface area contributed by atoms with Crippen molar-refractivity contribution in [3.8, 4) is 0 Å². The Labute approximate surface area is 136 Å². The second kappa shape index (κ2) is 6.47. The zero-order valence-corrected chi connectivity index (χ0v) is 13.4. The Balaban J connectivity index is 2.16. The highest BCUT2D eigenvalue weighted by Crippen LogP contribution is 2.25. The predicted octanol–water partition coefficient (Wildman–Crippen LogP) is 3.88. The summed E-state index contributed by atoms with van der Waals surface area (Å²) < 4.78 is 1.49. The van der Waals surface area contributed by atoms with Crippen LogP contribution in [-0.2, 0) is 11.9 Å². The van der Waals surface area contributed by atoms with Crippen LogP contribution in [0.5, 0.6) is 0 Å². The molecule has 2 aromatic rings. The third-order valence-corrected chi connectivity index (χ3v) is 3.76. The first-order valence-electron chi connectivity index (χ1n) is 5.79. The number of benzene rings is 1. The van der Waals surface area contributed by atoms with Gasteiger partial charge in [-0.1, -0.05) is 46.0 Å². The quantitative estimate of drug-likeness (QED) is 0.481. The van der Waals surface area contributed by atoms with Crippen molar-refractivity contribution in [2.24, 2.45) is 12.2 Å². The molecule has 0 aliphatic rings. The highest BCUT2D eigenvalue weighted by atomic mass is 35.5. The van der Waals surface area contributed by atoms with Crippen molar-refractivity contribution in [1.82, 2.24) is 9.78 Å². The molecule has 1 aromatic carbocycles. The highest BCUT2D eigenvalue weighted by molar-refractivity contribution is 6.39. The second-order valence-corrected chi connectivity index (χ2v) is 5.30. The fourth-order valence-corrected chi connectivity index (χ4v) is 2.43. The first kappa shape index (κ1) is 15.8. The third kappa shape index (κ3) is 3.37. The van der Waals surface area contributed by atoms with Crippen molar-refractivity contribution in [3.63, 3.8) is 0 Å². The molecular weight excluding hydrogens is 337 g/mol. The number of aryl methyl sites for hydroxylation is 2. The van der Waals surface area contributed by atoms with E-state index in [1.165, 1.54) is 23.0 Å². The van der Waals surface area contributed by atoms with Crippen LogP contribution in [0, 0.1) is 6.92 Å². The Kier molecular flexibility index (Phi) is 4.88. The lowest BCUT2D eigenvalue weighted by Crippen LogP contribution is -2.03. The third-order valence-electron chi connectivity index (χ3n) is 2.68. The van der Waals surface area contributed by atoms with Crippen LogP contribution < -0.4 is 0 Å². The van der Waals surface area contributed by atoms with Crippen LogP contribution in [0.15, 0.2) is 23.4 Å². The molecule has 0 radical (unpaired) electrons. The van der Waals surface area contributed by atoms with Gasteiger partial charge in [0.25, 0.3) is 0 Å². The number of carbonyl (C=O) groups is 1. The summed E-state index contributed by atoms with van der Waals surface area (Å²) >= 11 is 17.8. The van der Waals surface area contributed by atoms with Gasteiger partial charge in [0.2, 0.25) is 0 Å². The topological polar surface area (TPSA) is 56.5 Å². The maximum Gasteiger partial charge on any atom is 0.368 e. The molecule has 1 aromatic heterocycles. The summed E-state index contributed by atoms with van der Waals surface area (Å²) in [6.45, 7) is 1.76. The molecular formula is C13H10Cl3N3O2. The predicted molar refractivity (Wildman–Crippen MR) is 82.4 cm³/mol. The Bertz CT molecular complexity index is 705. The van der Waals surface area contributed by atoms with Crippen molar-refractivity contribution < 1.29 is 9.63 Å². The lowest BCUT2D eigenvalue weighted by Gasteiger charge is -2.02. The number of nitrogens with zero attached hydrogens (tertiary/aromatic N) is 3. The molecule has 0 saturated heterocycles. The first-order chi connectivity index (χ1) is 9.91. The number of hydrogen-bond donors (Lipinski definition) is 0. The average molecular weight is 347 g/mol. The molecule has 0 aliphatic carbocycles. The number of oxime groups is 1. The number of carbonyl (C=O) groups excluding carboxylic acids is 1. The van der Waals surface area contributed by atoms with Gasteiger partial charge in [-0.3, -0.25) is 4.68 Å². The van der Waals surface area contributed by atoms with E-state index >= 15 is 0 Å². The van der Waals surface area contributed by atoms with E-state index in [0.717, 1.165) is 0 Å². The Hall–Kier alpha value is -1.56. The minimum absolute atomic E-state index is 0.0620. The van der Waals surface area contributed by atoms with Gasteiger partial charge in [-0.15, -0.1) is 0 Å². The molecule has 0 N–H and O–H groups in total. The summed E-state index contributed by atoms with van der Waals surface area (Å²) in [6, 6.07) is 4.70. The van der Waals surface area contributed by atoms with Crippen LogP contribution >= 0.6 is 34.8 Å². The standard InChI is InChI=1S/C13H10Cl3N3O2/c1-7-8(12(16)19(2)18-7)6-17-21-13(20)11-9(14)4-3-5-10(11)15/h3-6H,1-2H3/b17-6+. The lowest BCUT2D eigenvalue weighted by molar-refractivity contribution is 0.0519. The Morgan fingerprint density at radius 1 is 1.33 bits per heavy atom. The molecule has 8 heteroatoms. The summed E-state index contributed by atoms with van der Waals surface area (Å²) in [4.78, 5) is 16.7. The summed E-state index contributed by atoms with van der Waals surface area (Å²) in [5, 5.41) is 8.49. The van der Waals surface area contributed by atoms with Gasteiger partial charge in [-0.2, -0.15) is 5.10 Å². The van der Waals surface area contributed by atoms with E-state index in [0.29, 0.717) is 16.4 Å². The fourth-order valence-electron chi connectivity index (χ4n) is 1.66. The van der Waals surface area contributed by atoms with Gasteiger partial charge in [-0.25, -0.2) is 4.79 Å². The van der Waals surface area contributed by atoms with E-state index in [9.17, 15) is 4.79 Å². The molecule has 0 fully saturated rings. The first-order valence-corrected chi connectivity index (χ1v) is 6.93. The van der Waals surface area contributed by atoms with Crippen molar-refractivity contribution in [1.29, 1.82) is 0 Å². The summed E-state index contributed by atoms with van der Waals surface area (Å²) in [5.74, 6) is -0.750. The van der Waals surface area contributed by atoms with E-state index in [1.54, 1.807) is 20.0 Å². The zero-order valence-electron chi connectivity index (χ0n) is 11.1. The fraction of sp³-hybridized carbons (Fsp3) is 0.154. The summed E-state index contributed by atoms with van der Waals surface area (Å²) in [5.41, 5.74) is 1.29. The van der Waals surface area contributed by atoms with Gasteiger partial charge in [0.15, 0.2) is 0 Å². The molecule has 1 heterocycles.